The molecule has 1 aromatic heterocycles. The normalized spacial score (nSPS) is 33.1. The first-order valence-corrected chi connectivity index (χ1v) is 10.7. The molecule has 30 heavy (non-hydrogen) atoms. The molecule has 2 aliphatic carbocycles. The monoisotopic (exact) mass is 401 g/mol. The SMILES string of the molecule is C=CCN1CC[C@]23c4c5ccc(O)c4O[C@H]2c2oc4ccccc4c2C[C@@]3(O)[C@H]1C5. The third-order valence-electron chi connectivity index (χ3n) is 8.10. The van der Waals surface area contributed by atoms with Gasteiger partial charge in [-0.05, 0) is 30.5 Å². The van der Waals surface area contributed by atoms with Gasteiger partial charge in [0.15, 0.2) is 17.6 Å². The average molecular weight is 401 g/mol. The summed E-state index contributed by atoms with van der Waals surface area (Å²) < 4.78 is 12.8. The molecule has 1 spiro atoms. The van der Waals surface area contributed by atoms with Crippen LogP contribution in [0.1, 0.15) is 35.0 Å². The summed E-state index contributed by atoms with van der Waals surface area (Å²) in [4.78, 5) is 2.36. The van der Waals surface area contributed by atoms with Gasteiger partial charge in [0.2, 0.25) is 0 Å². The molecular formula is C25H23NO4. The quantitative estimate of drug-likeness (QED) is 0.642. The van der Waals surface area contributed by atoms with Crippen LogP contribution in [0.4, 0.5) is 0 Å². The van der Waals surface area contributed by atoms with Crippen molar-refractivity contribution >= 4 is 11.0 Å². The maximum atomic E-state index is 12.5. The number of aliphatic hydroxyl groups is 1. The summed E-state index contributed by atoms with van der Waals surface area (Å²) in [6.07, 6.45) is 3.48. The van der Waals surface area contributed by atoms with E-state index in [-0.39, 0.29) is 11.8 Å². The van der Waals surface area contributed by atoms with E-state index in [0.29, 0.717) is 12.2 Å². The third kappa shape index (κ3) is 1.67. The minimum Gasteiger partial charge on any atom is -0.504 e. The molecule has 2 bridgehead atoms. The lowest BCUT2D eigenvalue weighted by Gasteiger charge is -2.62. The van der Waals surface area contributed by atoms with E-state index < -0.39 is 17.1 Å². The van der Waals surface area contributed by atoms with Crippen LogP contribution in [0.3, 0.4) is 0 Å². The maximum Gasteiger partial charge on any atom is 0.169 e. The molecule has 2 aromatic carbocycles. The van der Waals surface area contributed by atoms with E-state index in [1.807, 2.05) is 30.3 Å². The van der Waals surface area contributed by atoms with Crippen LogP contribution in [0.5, 0.6) is 11.5 Å². The molecule has 4 aliphatic rings. The van der Waals surface area contributed by atoms with E-state index in [9.17, 15) is 10.2 Å². The number of hydrogen-bond donors (Lipinski definition) is 2. The number of benzene rings is 2. The standard InChI is InChI=1S/C25H23NO4/c1-2-10-26-11-9-24-20-14-7-8-17(27)22(20)30-23(24)21-16(13-25(24,28)19(26)12-14)15-5-3-4-6-18(15)29-21/h2-8,19,23,27-28H,1,9-13H2/t19-,23+,24+,25-/m1/s1. The van der Waals surface area contributed by atoms with Gasteiger partial charge in [-0.2, -0.15) is 0 Å². The molecular weight excluding hydrogens is 378 g/mol. The summed E-state index contributed by atoms with van der Waals surface area (Å²) in [5.74, 6) is 1.48. The second-order valence-corrected chi connectivity index (χ2v) is 9.21. The summed E-state index contributed by atoms with van der Waals surface area (Å²) >= 11 is 0. The summed E-state index contributed by atoms with van der Waals surface area (Å²) in [7, 11) is 0. The molecule has 1 fully saturated rings. The number of phenols is 1. The highest BCUT2D eigenvalue weighted by Gasteiger charge is 2.73. The molecule has 0 unspecified atom stereocenters. The second-order valence-electron chi connectivity index (χ2n) is 9.21. The number of rotatable bonds is 2. The van der Waals surface area contributed by atoms with Crippen molar-refractivity contribution < 1.29 is 19.4 Å². The number of likely N-dealkylation sites (tertiary alicyclic amines) is 1. The Labute approximate surface area is 174 Å². The molecule has 0 saturated carbocycles. The Hall–Kier alpha value is -2.76. The van der Waals surface area contributed by atoms with Crippen molar-refractivity contribution in [1.29, 1.82) is 0 Å². The molecule has 152 valence electrons. The Kier molecular flexibility index (Phi) is 2.99. The van der Waals surface area contributed by atoms with Gasteiger partial charge in [-0.3, -0.25) is 4.90 Å². The highest BCUT2D eigenvalue weighted by molar-refractivity contribution is 5.84. The van der Waals surface area contributed by atoms with Gasteiger partial charge in [-0.1, -0.05) is 30.3 Å². The minimum absolute atomic E-state index is 0.0415. The lowest BCUT2D eigenvalue weighted by Crippen LogP contribution is -2.74. The number of fused-ring (bicyclic) bond motifs is 4. The van der Waals surface area contributed by atoms with E-state index in [4.69, 9.17) is 9.15 Å². The molecule has 0 radical (unpaired) electrons. The first-order valence-electron chi connectivity index (χ1n) is 10.7. The fourth-order valence-corrected chi connectivity index (χ4v) is 6.96. The van der Waals surface area contributed by atoms with Crippen molar-refractivity contribution in [2.45, 2.75) is 42.4 Å². The summed E-state index contributed by atoms with van der Waals surface area (Å²) in [5.41, 5.74) is 2.39. The summed E-state index contributed by atoms with van der Waals surface area (Å²) in [6, 6.07) is 11.7. The van der Waals surface area contributed by atoms with Crippen molar-refractivity contribution in [2.75, 3.05) is 13.1 Å². The van der Waals surface area contributed by atoms with Gasteiger partial charge in [-0.25, -0.2) is 0 Å². The molecule has 7 rings (SSSR count). The Morgan fingerprint density at radius 3 is 2.97 bits per heavy atom. The lowest BCUT2D eigenvalue weighted by atomic mass is 9.49. The number of furan rings is 1. The number of para-hydroxylation sites is 1. The molecule has 0 amide bonds. The fourth-order valence-electron chi connectivity index (χ4n) is 6.96. The van der Waals surface area contributed by atoms with Crippen LogP contribution in [0.25, 0.3) is 11.0 Å². The van der Waals surface area contributed by atoms with Crippen LogP contribution in [0.2, 0.25) is 0 Å². The Bertz CT molecular complexity index is 1250. The number of ether oxygens (including phenoxy) is 1. The van der Waals surface area contributed by atoms with Gasteiger partial charge in [0.1, 0.15) is 11.3 Å². The molecule has 5 heteroatoms. The average Bonchev–Trinajstić information content (AvgIpc) is 3.27. The summed E-state index contributed by atoms with van der Waals surface area (Å²) in [6.45, 7) is 5.53. The Morgan fingerprint density at radius 1 is 1.23 bits per heavy atom. The molecule has 2 N–H and O–H groups in total. The smallest absolute Gasteiger partial charge is 0.169 e. The Balaban J connectivity index is 1.57. The highest BCUT2D eigenvalue weighted by Crippen LogP contribution is 2.69. The van der Waals surface area contributed by atoms with Gasteiger partial charge in [0, 0.05) is 42.1 Å². The van der Waals surface area contributed by atoms with Crippen molar-refractivity contribution in [3.8, 4) is 11.5 Å². The van der Waals surface area contributed by atoms with Crippen LogP contribution in [0, 0.1) is 0 Å². The maximum absolute atomic E-state index is 12.5. The number of aromatic hydroxyl groups is 1. The molecule has 2 aliphatic heterocycles. The van der Waals surface area contributed by atoms with Gasteiger partial charge in [0.05, 0.1) is 11.0 Å². The zero-order valence-electron chi connectivity index (χ0n) is 16.6. The van der Waals surface area contributed by atoms with Crippen LogP contribution < -0.4 is 4.74 Å². The van der Waals surface area contributed by atoms with Gasteiger partial charge < -0.3 is 19.4 Å². The van der Waals surface area contributed by atoms with E-state index in [1.165, 1.54) is 0 Å². The van der Waals surface area contributed by atoms with E-state index in [2.05, 4.69) is 17.5 Å². The number of hydrogen-bond acceptors (Lipinski definition) is 5. The topological polar surface area (TPSA) is 66.1 Å². The first kappa shape index (κ1) is 17.0. The molecule has 5 nitrogen and oxygen atoms in total. The third-order valence-corrected chi connectivity index (χ3v) is 8.10. The zero-order valence-corrected chi connectivity index (χ0v) is 16.6. The number of nitrogens with zero attached hydrogens (tertiary/aromatic N) is 1. The predicted octanol–water partition coefficient (Wildman–Crippen LogP) is 3.61. The molecule has 3 aromatic rings. The van der Waals surface area contributed by atoms with Crippen molar-refractivity contribution in [1.82, 2.24) is 4.90 Å². The van der Waals surface area contributed by atoms with Crippen LogP contribution in [-0.4, -0.2) is 39.8 Å². The predicted molar refractivity (Wildman–Crippen MR) is 112 cm³/mol. The van der Waals surface area contributed by atoms with Gasteiger partial charge in [0.25, 0.3) is 0 Å². The second kappa shape index (κ2) is 5.29. The number of piperidine rings is 1. The lowest BCUT2D eigenvalue weighted by molar-refractivity contribution is -0.173. The van der Waals surface area contributed by atoms with Gasteiger partial charge in [-0.15, -0.1) is 6.58 Å². The molecule has 1 saturated heterocycles. The van der Waals surface area contributed by atoms with Crippen molar-refractivity contribution in [2.24, 2.45) is 0 Å². The van der Waals surface area contributed by atoms with Gasteiger partial charge >= 0.3 is 0 Å². The van der Waals surface area contributed by atoms with Crippen LogP contribution >= 0.6 is 0 Å². The van der Waals surface area contributed by atoms with Crippen LogP contribution in [0.15, 0.2) is 53.5 Å². The van der Waals surface area contributed by atoms with E-state index in [1.54, 1.807) is 6.07 Å². The zero-order chi connectivity index (χ0) is 20.3. The van der Waals surface area contributed by atoms with Crippen molar-refractivity contribution in [3.05, 3.63) is 71.5 Å². The summed E-state index contributed by atoms with van der Waals surface area (Å²) in [5, 5.41) is 24.2. The van der Waals surface area contributed by atoms with E-state index in [0.717, 1.165) is 59.4 Å². The van der Waals surface area contributed by atoms with Crippen molar-refractivity contribution in [3.63, 3.8) is 0 Å². The number of phenolic OH excluding ortho intramolecular Hbond substituents is 1. The fraction of sp³-hybridized carbons (Fsp3) is 0.360. The van der Waals surface area contributed by atoms with Crippen LogP contribution in [-0.2, 0) is 18.3 Å². The Morgan fingerprint density at radius 2 is 2.10 bits per heavy atom. The minimum atomic E-state index is -1.01. The molecule has 3 heterocycles. The largest absolute Gasteiger partial charge is 0.504 e. The first-order chi connectivity index (χ1) is 14.6. The van der Waals surface area contributed by atoms with E-state index >= 15 is 0 Å². The highest BCUT2D eigenvalue weighted by atomic mass is 16.5. The molecule has 4 atom stereocenters.